The molecule has 1 aromatic rings. The molecule has 0 saturated heterocycles. The Morgan fingerprint density at radius 1 is 1.32 bits per heavy atom. The number of rotatable bonds is 7. The number of carbonyl (C=O) groups is 2. The van der Waals surface area contributed by atoms with E-state index in [0.29, 0.717) is 23.5 Å². The Bertz CT molecular complexity index is 518. The van der Waals surface area contributed by atoms with Crippen molar-refractivity contribution < 1.29 is 14.7 Å². The molecule has 106 valence electrons. The van der Waals surface area contributed by atoms with Crippen LogP contribution in [0.1, 0.15) is 41.0 Å². The van der Waals surface area contributed by atoms with Crippen molar-refractivity contribution >= 4 is 23.2 Å². The van der Waals surface area contributed by atoms with Gasteiger partial charge in [-0.05, 0) is 19.8 Å². The van der Waals surface area contributed by atoms with Gasteiger partial charge < -0.3 is 15.0 Å². The number of carboxylic acid groups (broad SMARTS) is 1. The maximum absolute atomic E-state index is 11.8. The fraction of sp³-hybridized carbons (Fsp3) is 0.583. The molecule has 0 fully saturated rings. The summed E-state index contributed by atoms with van der Waals surface area (Å²) in [6, 6.07) is 0. The van der Waals surface area contributed by atoms with E-state index >= 15 is 0 Å². The van der Waals surface area contributed by atoms with E-state index in [0.717, 1.165) is 24.2 Å². The van der Waals surface area contributed by atoms with Crippen LogP contribution in [-0.4, -0.2) is 28.1 Å². The minimum atomic E-state index is -0.797. The van der Waals surface area contributed by atoms with Gasteiger partial charge in [-0.15, -0.1) is 0 Å². The average Bonchev–Trinajstić information content (AvgIpc) is 2.61. The van der Waals surface area contributed by atoms with Crippen molar-refractivity contribution in [1.29, 1.82) is 0 Å². The van der Waals surface area contributed by atoms with Gasteiger partial charge in [0.05, 0.1) is 0 Å². The van der Waals surface area contributed by atoms with E-state index in [1.54, 1.807) is 14.0 Å². The summed E-state index contributed by atoms with van der Waals surface area (Å²) >= 11 is 0.939. The van der Waals surface area contributed by atoms with Crippen LogP contribution in [0, 0.1) is 6.92 Å². The predicted octanol–water partition coefficient (Wildman–Crippen LogP) is 1.13. The number of aromatic nitrogens is 1. The van der Waals surface area contributed by atoms with Crippen LogP contribution in [0.4, 0.5) is 0 Å². The molecule has 1 aromatic heterocycles. The quantitative estimate of drug-likeness (QED) is 0.735. The maximum Gasteiger partial charge on any atom is 0.307 e. The molecule has 0 aromatic carbocycles. The highest BCUT2D eigenvalue weighted by Crippen LogP contribution is 2.10. The van der Waals surface area contributed by atoms with Crippen LogP contribution < -0.4 is 10.2 Å². The standard InChI is InChI=1S/C12H18N2O4S/c1-8-10(19-12(18)14(8)2)11(17)13-7-5-3-4-6-9(15)16/h3-7H2,1-2H3,(H,13,17)(H,15,16). The van der Waals surface area contributed by atoms with Gasteiger partial charge in [-0.3, -0.25) is 14.4 Å². The number of unbranched alkanes of at least 4 members (excludes halogenated alkanes) is 2. The van der Waals surface area contributed by atoms with Gasteiger partial charge in [0.15, 0.2) is 0 Å². The van der Waals surface area contributed by atoms with Crippen LogP contribution in [0.5, 0.6) is 0 Å². The minimum absolute atomic E-state index is 0.149. The third-order valence-electron chi connectivity index (χ3n) is 2.85. The van der Waals surface area contributed by atoms with Crippen molar-refractivity contribution in [3.05, 3.63) is 20.2 Å². The molecule has 1 rings (SSSR count). The SMILES string of the molecule is Cc1c(C(=O)NCCCCCC(=O)O)sc(=O)n1C. The third-order valence-corrected chi connectivity index (χ3v) is 3.99. The van der Waals surface area contributed by atoms with Gasteiger partial charge in [-0.25, -0.2) is 0 Å². The fourth-order valence-corrected chi connectivity index (χ4v) is 2.49. The predicted molar refractivity (Wildman–Crippen MR) is 72.7 cm³/mol. The van der Waals surface area contributed by atoms with Crippen LogP contribution in [0.25, 0.3) is 0 Å². The molecule has 6 nitrogen and oxygen atoms in total. The van der Waals surface area contributed by atoms with Crippen LogP contribution in [-0.2, 0) is 11.8 Å². The lowest BCUT2D eigenvalue weighted by molar-refractivity contribution is -0.137. The lowest BCUT2D eigenvalue weighted by Gasteiger charge is -2.04. The zero-order chi connectivity index (χ0) is 14.4. The minimum Gasteiger partial charge on any atom is -0.481 e. The van der Waals surface area contributed by atoms with Crippen molar-refractivity contribution in [2.75, 3.05) is 6.54 Å². The largest absolute Gasteiger partial charge is 0.481 e. The first-order valence-electron chi connectivity index (χ1n) is 6.10. The zero-order valence-corrected chi connectivity index (χ0v) is 11.9. The summed E-state index contributed by atoms with van der Waals surface area (Å²) in [6.07, 6.45) is 2.27. The van der Waals surface area contributed by atoms with Crippen LogP contribution in [0.3, 0.4) is 0 Å². The molecule has 0 radical (unpaired) electrons. The molecule has 2 N–H and O–H groups in total. The lowest BCUT2D eigenvalue weighted by atomic mass is 10.2. The van der Waals surface area contributed by atoms with Crippen LogP contribution >= 0.6 is 11.3 Å². The fourth-order valence-electron chi connectivity index (χ4n) is 1.59. The Morgan fingerprint density at radius 3 is 2.53 bits per heavy atom. The lowest BCUT2D eigenvalue weighted by Crippen LogP contribution is -2.24. The highest BCUT2D eigenvalue weighted by Gasteiger charge is 2.14. The number of thiazole rings is 1. The van der Waals surface area contributed by atoms with E-state index in [1.807, 2.05) is 0 Å². The number of carbonyl (C=O) groups excluding carboxylic acids is 1. The molecule has 0 unspecified atom stereocenters. The molecule has 1 heterocycles. The van der Waals surface area contributed by atoms with Gasteiger partial charge in [0, 0.05) is 25.7 Å². The first kappa shape index (κ1) is 15.4. The van der Waals surface area contributed by atoms with E-state index in [4.69, 9.17) is 5.11 Å². The first-order chi connectivity index (χ1) is 8.93. The van der Waals surface area contributed by atoms with Gasteiger partial charge in [0.25, 0.3) is 5.91 Å². The summed E-state index contributed by atoms with van der Waals surface area (Å²) in [4.78, 5) is 33.8. The van der Waals surface area contributed by atoms with Crippen molar-refractivity contribution in [3.63, 3.8) is 0 Å². The maximum atomic E-state index is 11.8. The second-order valence-corrected chi connectivity index (χ2v) is 5.26. The van der Waals surface area contributed by atoms with Gasteiger partial charge in [0.1, 0.15) is 4.88 Å². The number of hydrogen-bond donors (Lipinski definition) is 2. The Kier molecular flexibility index (Phi) is 5.75. The normalized spacial score (nSPS) is 10.4. The number of carboxylic acids is 1. The first-order valence-corrected chi connectivity index (χ1v) is 6.91. The molecule has 19 heavy (non-hydrogen) atoms. The van der Waals surface area contributed by atoms with E-state index in [1.165, 1.54) is 4.57 Å². The Balaban J connectivity index is 2.34. The van der Waals surface area contributed by atoms with E-state index in [-0.39, 0.29) is 17.2 Å². The van der Waals surface area contributed by atoms with Crippen molar-refractivity contribution in [1.82, 2.24) is 9.88 Å². The summed E-state index contributed by atoms with van der Waals surface area (Å²) in [5.74, 6) is -1.04. The second-order valence-electron chi connectivity index (χ2n) is 4.30. The van der Waals surface area contributed by atoms with E-state index in [2.05, 4.69) is 5.32 Å². The highest BCUT2D eigenvalue weighted by molar-refractivity contribution is 7.11. The number of nitrogens with one attached hydrogen (secondary N) is 1. The third kappa shape index (κ3) is 4.51. The molecule has 0 spiro atoms. The van der Waals surface area contributed by atoms with E-state index in [9.17, 15) is 14.4 Å². The molecular weight excluding hydrogens is 268 g/mol. The molecule has 0 aliphatic heterocycles. The number of hydrogen-bond acceptors (Lipinski definition) is 4. The summed E-state index contributed by atoms with van der Waals surface area (Å²) < 4.78 is 1.45. The smallest absolute Gasteiger partial charge is 0.307 e. The summed E-state index contributed by atoms with van der Waals surface area (Å²) in [7, 11) is 1.64. The highest BCUT2D eigenvalue weighted by atomic mass is 32.1. The molecule has 7 heteroatoms. The summed E-state index contributed by atoms with van der Waals surface area (Å²) in [5.41, 5.74) is 0.665. The molecule has 1 amide bonds. The van der Waals surface area contributed by atoms with Gasteiger partial charge in [-0.2, -0.15) is 0 Å². The second kappa shape index (κ2) is 7.08. The van der Waals surface area contributed by atoms with Crippen molar-refractivity contribution in [2.45, 2.75) is 32.6 Å². The molecular formula is C12H18N2O4S. The number of amides is 1. The van der Waals surface area contributed by atoms with Gasteiger partial charge in [0.2, 0.25) is 0 Å². The van der Waals surface area contributed by atoms with Crippen LogP contribution in [0.2, 0.25) is 0 Å². The monoisotopic (exact) mass is 286 g/mol. The molecule has 0 saturated carbocycles. The zero-order valence-electron chi connectivity index (χ0n) is 11.1. The van der Waals surface area contributed by atoms with Crippen molar-refractivity contribution in [3.8, 4) is 0 Å². The molecule has 0 bridgehead atoms. The number of aliphatic carboxylic acids is 1. The topological polar surface area (TPSA) is 88.4 Å². The van der Waals surface area contributed by atoms with E-state index < -0.39 is 5.97 Å². The number of nitrogens with zero attached hydrogens (tertiary/aromatic N) is 1. The average molecular weight is 286 g/mol. The van der Waals surface area contributed by atoms with Crippen LogP contribution in [0.15, 0.2) is 4.79 Å². The Hall–Kier alpha value is -1.63. The molecule has 0 aliphatic carbocycles. The Labute approximate surface area is 115 Å². The summed E-state index contributed by atoms with van der Waals surface area (Å²) in [5, 5.41) is 11.2. The summed E-state index contributed by atoms with van der Waals surface area (Å²) in [6.45, 7) is 2.23. The van der Waals surface area contributed by atoms with Gasteiger partial charge in [-0.1, -0.05) is 17.8 Å². The van der Waals surface area contributed by atoms with Crippen molar-refractivity contribution in [2.24, 2.45) is 7.05 Å². The Morgan fingerprint density at radius 2 is 2.00 bits per heavy atom. The molecule has 0 aliphatic rings. The molecule has 0 atom stereocenters. The van der Waals surface area contributed by atoms with Gasteiger partial charge >= 0.3 is 10.8 Å².